The highest BCUT2D eigenvalue weighted by molar-refractivity contribution is 7.12. The Kier molecular flexibility index (Phi) is 4.76. The first kappa shape index (κ1) is 16.7. The fourth-order valence-corrected chi connectivity index (χ4v) is 2.75. The molecule has 6 nitrogen and oxygen atoms in total. The third-order valence-electron chi connectivity index (χ3n) is 3.51. The number of nitrogens with zero attached hydrogens (tertiary/aromatic N) is 1. The maximum atomic E-state index is 12.2. The zero-order valence-electron chi connectivity index (χ0n) is 13.4. The predicted molar refractivity (Wildman–Crippen MR) is 98.4 cm³/mol. The molecule has 0 aliphatic heterocycles. The molecule has 0 spiro atoms. The highest BCUT2D eigenvalue weighted by atomic mass is 32.1. The second kappa shape index (κ2) is 7.14. The van der Waals surface area contributed by atoms with Crippen LogP contribution in [0.4, 0.5) is 11.4 Å². The maximum Gasteiger partial charge on any atom is 0.265 e. The Morgan fingerprint density at radius 2 is 1.60 bits per heavy atom. The molecule has 0 radical (unpaired) electrons. The summed E-state index contributed by atoms with van der Waals surface area (Å²) in [4.78, 5) is 36.4. The average molecular weight is 353 g/mol. The van der Waals surface area contributed by atoms with E-state index in [9.17, 15) is 14.4 Å². The van der Waals surface area contributed by atoms with Crippen LogP contribution in [0.15, 0.2) is 64.9 Å². The van der Waals surface area contributed by atoms with E-state index in [1.54, 1.807) is 49.6 Å². The van der Waals surface area contributed by atoms with Gasteiger partial charge in [-0.3, -0.25) is 14.4 Å². The van der Waals surface area contributed by atoms with Crippen LogP contribution in [0.1, 0.15) is 20.0 Å². The zero-order chi connectivity index (χ0) is 17.8. The SMILES string of the molecule is Cn1ccc(C(=O)Nc2ccc(NC(=O)c3cccs3)cc2)cc1=O. The molecule has 0 atom stereocenters. The first-order valence-electron chi connectivity index (χ1n) is 7.46. The van der Waals surface area contributed by atoms with Crippen LogP contribution in [-0.4, -0.2) is 16.4 Å². The van der Waals surface area contributed by atoms with Crippen LogP contribution in [0, 0.1) is 0 Å². The molecule has 126 valence electrons. The number of rotatable bonds is 4. The number of carbonyl (C=O) groups is 2. The van der Waals surface area contributed by atoms with Crippen molar-refractivity contribution in [2.45, 2.75) is 0 Å². The molecule has 0 saturated carbocycles. The Balaban J connectivity index is 1.66. The maximum absolute atomic E-state index is 12.2. The smallest absolute Gasteiger partial charge is 0.265 e. The van der Waals surface area contributed by atoms with Crippen LogP contribution in [-0.2, 0) is 7.05 Å². The Morgan fingerprint density at radius 1 is 0.960 bits per heavy atom. The van der Waals surface area contributed by atoms with Gasteiger partial charge in [-0.1, -0.05) is 6.07 Å². The van der Waals surface area contributed by atoms with Gasteiger partial charge in [-0.15, -0.1) is 11.3 Å². The molecule has 1 aromatic carbocycles. The Hall–Kier alpha value is -3.19. The summed E-state index contributed by atoms with van der Waals surface area (Å²) in [6.45, 7) is 0. The second-order valence-electron chi connectivity index (χ2n) is 5.33. The van der Waals surface area contributed by atoms with E-state index in [1.165, 1.54) is 22.0 Å². The highest BCUT2D eigenvalue weighted by Crippen LogP contribution is 2.17. The Bertz CT molecular complexity index is 960. The summed E-state index contributed by atoms with van der Waals surface area (Å²) in [6.07, 6.45) is 1.54. The minimum absolute atomic E-state index is 0.174. The largest absolute Gasteiger partial charge is 0.322 e. The van der Waals surface area contributed by atoms with Crippen molar-refractivity contribution in [2.24, 2.45) is 7.05 Å². The number of benzene rings is 1. The van der Waals surface area contributed by atoms with E-state index >= 15 is 0 Å². The number of nitrogens with one attached hydrogen (secondary N) is 2. The van der Waals surface area contributed by atoms with Crippen molar-refractivity contribution in [3.8, 4) is 0 Å². The molecule has 2 heterocycles. The van der Waals surface area contributed by atoms with Crippen LogP contribution >= 0.6 is 11.3 Å². The summed E-state index contributed by atoms with van der Waals surface area (Å²) < 4.78 is 1.39. The van der Waals surface area contributed by atoms with Gasteiger partial charge in [0.15, 0.2) is 0 Å². The number of hydrogen-bond acceptors (Lipinski definition) is 4. The molecule has 25 heavy (non-hydrogen) atoms. The summed E-state index contributed by atoms with van der Waals surface area (Å²) in [6, 6.07) is 13.2. The number of carbonyl (C=O) groups excluding carboxylic acids is 2. The zero-order valence-corrected chi connectivity index (χ0v) is 14.2. The fourth-order valence-electron chi connectivity index (χ4n) is 2.13. The number of thiophene rings is 1. The molecule has 0 unspecified atom stereocenters. The average Bonchev–Trinajstić information content (AvgIpc) is 3.14. The van der Waals surface area contributed by atoms with Gasteiger partial charge in [0.2, 0.25) is 0 Å². The normalized spacial score (nSPS) is 10.3. The molecule has 2 N–H and O–H groups in total. The fraction of sp³-hybridized carbons (Fsp3) is 0.0556. The molecular weight excluding hydrogens is 338 g/mol. The molecular formula is C18H15N3O3S. The lowest BCUT2D eigenvalue weighted by molar-refractivity contribution is 0.102. The Morgan fingerprint density at radius 3 is 2.16 bits per heavy atom. The van der Waals surface area contributed by atoms with Gasteiger partial charge in [-0.05, 0) is 41.8 Å². The van der Waals surface area contributed by atoms with Gasteiger partial charge >= 0.3 is 0 Å². The van der Waals surface area contributed by atoms with E-state index in [-0.39, 0.29) is 22.9 Å². The molecule has 0 aliphatic carbocycles. The first-order chi connectivity index (χ1) is 12.0. The van der Waals surface area contributed by atoms with Crippen molar-refractivity contribution in [3.63, 3.8) is 0 Å². The van der Waals surface area contributed by atoms with Gasteiger partial charge in [0, 0.05) is 36.2 Å². The second-order valence-corrected chi connectivity index (χ2v) is 6.28. The lowest BCUT2D eigenvalue weighted by Crippen LogP contribution is -2.20. The number of amides is 2. The van der Waals surface area contributed by atoms with Crippen LogP contribution in [0.2, 0.25) is 0 Å². The third kappa shape index (κ3) is 4.02. The van der Waals surface area contributed by atoms with E-state index < -0.39 is 0 Å². The van der Waals surface area contributed by atoms with E-state index in [0.29, 0.717) is 16.3 Å². The van der Waals surface area contributed by atoms with Crippen molar-refractivity contribution in [1.29, 1.82) is 0 Å². The minimum atomic E-state index is -0.368. The molecule has 0 bridgehead atoms. The number of hydrogen-bond donors (Lipinski definition) is 2. The van der Waals surface area contributed by atoms with Crippen molar-refractivity contribution in [1.82, 2.24) is 4.57 Å². The molecule has 0 fully saturated rings. The van der Waals surface area contributed by atoms with Gasteiger partial charge in [0.05, 0.1) is 4.88 Å². The number of aryl methyl sites for hydroxylation is 1. The van der Waals surface area contributed by atoms with Crippen LogP contribution in [0.5, 0.6) is 0 Å². The lowest BCUT2D eigenvalue weighted by Gasteiger charge is -2.08. The van der Waals surface area contributed by atoms with Crippen molar-refractivity contribution >= 4 is 34.5 Å². The van der Waals surface area contributed by atoms with E-state index in [4.69, 9.17) is 0 Å². The van der Waals surface area contributed by atoms with Crippen molar-refractivity contribution in [3.05, 3.63) is 80.9 Å². The van der Waals surface area contributed by atoms with E-state index in [1.807, 2.05) is 11.4 Å². The van der Waals surface area contributed by atoms with Gasteiger partial charge in [0.25, 0.3) is 17.4 Å². The molecule has 2 aromatic heterocycles. The van der Waals surface area contributed by atoms with Crippen molar-refractivity contribution < 1.29 is 9.59 Å². The topological polar surface area (TPSA) is 80.2 Å². The summed E-state index contributed by atoms with van der Waals surface area (Å²) in [5.74, 6) is -0.542. The highest BCUT2D eigenvalue weighted by Gasteiger charge is 2.09. The van der Waals surface area contributed by atoms with Crippen molar-refractivity contribution in [2.75, 3.05) is 10.6 Å². The van der Waals surface area contributed by atoms with E-state index in [0.717, 1.165) is 0 Å². The quantitative estimate of drug-likeness (QED) is 0.757. The molecule has 2 amide bonds. The number of anilines is 2. The summed E-state index contributed by atoms with van der Waals surface area (Å²) in [7, 11) is 1.62. The Labute approximate surface area is 147 Å². The van der Waals surface area contributed by atoms with Crippen LogP contribution < -0.4 is 16.2 Å². The minimum Gasteiger partial charge on any atom is -0.322 e. The molecule has 3 rings (SSSR count). The predicted octanol–water partition coefficient (Wildman–Crippen LogP) is 2.95. The van der Waals surface area contributed by atoms with Gasteiger partial charge in [-0.2, -0.15) is 0 Å². The molecule has 7 heteroatoms. The third-order valence-corrected chi connectivity index (χ3v) is 4.38. The molecule has 0 aliphatic rings. The van der Waals surface area contributed by atoms with Crippen LogP contribution in [0.3, 0.4) is 0 Å². The molecule has 3 aromatic rings. The summed E-state index contributed by atoms with van der Waals surface area (Å²) in [5, 5.41) is 7.34. The first-order valence-corrected chi connectivity index (χ1v) is 8.34. The van der Waals surface area contributed by atoms with Crippen LogP contribution in [0.25, 0.3) is 0 Å². The lowest BCUT2D eigenvalue weighted by atomic mass is 10.2. The van der Waals surface area contributed by atoms with Gasteiger partial charge in [0.1, 0.15) is 0 Å². The molecule has 0 saturated heterocycles. The summed E-state index contributed by atoms with van der Waals surface area (Å²) >= 11 is 1.37. The standard InChI is InChI=1S/C18H15N3O3S/c1-21-9-8-12(11-16(21)22)17(23)19-13-4-6-14(7-5-13)20-18(24)15-3-2-10-25-15/h2-11H,1H3,(H,19,23)(H,20,24). The number of pyridine rings is 1. The monoisotopic (exact) mass is 353 g/mol. The van der Waals surface area contributed by atoms with Gasteiger partial charge < -0.3 is 15.2 Å². The summed E-state index contributed by atoms with van der Waals surface area (Å²) in [5.41, 5.74) is 1.24. The number of aromatic nitrogens is 1. The van der Waals surface area contributed by atoms with Gasteiger partial charge in [-0.25, -0.2) is 0 Å². The van der Waals surface area contributed by atoms with E-state index in [2.05, 4.69) is 10.6 Å².